The first kappa shape index (κ1) is 10.7. The smallest absolute Gasteiger partial charge is 0.231 e. The molecule has 0 spiro atoms. The van der Waals surface area contributed by atoms with Crippen LogP contribution in [0.4, 0.5) is 0 Å². The first-order valence-electron chi connectivity index (χ1n) is 4.62. The van der Waals surface area contributed by atoms with Crippen LogP contribution in [0.5, 0.6) is 11.5 Å². The summed E-state index contributed by atoms with van der Waals surface area (Å²) in [5.74, 6) is 1.34. The average Bonchev–Trinajstić information content (AvgIpc) is 2.70. The summed E-state index contributed by atoms with van der Waals surface area (Å²) in [6.45, 7) is 2.31. The van der Waals surface area contributed by atoms with E-state index >= 15 is 0 Å². The Morgan fingerprint density at radius 2 is 2.33 bits per heavy atom. The maximum atomic E-state index is 9.72. The van der Waals surface area contributed by atoms with E-state index in [4.69, 9.17) is 15.2 Å². The molecule has 3 N–H and O–H groups in total. The lowest BCUT2D eigenvalue weighted by Crippen LogP contribution is -2.12. The van der Waals surface area contributed by atoms with Crippen LogP contribution in [0.15, 0.2) is 10.5 Å². The fourth-order valence-corrected chi connectivity index (χ4v) is 2.13. The maximum Gasteiger partial charge on any atom is 0.231 e. The summed E-state index contributed by atoms with van der Waals surface area (Å²) in [6.07, 6.45) is -0.671. The fourth-order valence-electron chi connectivity index (χ4n) is 1.59. The number of nitrogens with two attached hydrogens (primary N) is 1. The van der Waals surface area contributed by atoms with E-state index < -0.39 is 6.10 Å². The van der Waals surface area contributed by atoms with Crippen LogP contribution in [0.2, 0.25) is 0 Å². The predicted octanol–water partition coefficient (Wildman–Crippen LogP) is 1.48. The second-order valence-corrected chi connectivity index (χ2v) is 4.18. The molecule has 82 valence electrons. The highest BCUT2D eigenvalue weighted by Gasteiger charge is 2.23. The minimum atomic E-state index is -0.671. The van der Waals surface area contributed by atoms with Crippen LogP contribution in [-0.2, 0) is 0 Å². The number of aliphatic hydroxyl groups excluding tert-OH is 1. The van der Waals surface area contributed by atoms with E-state index in [0.717, 1.165) is 15.6 Å². The zero-order chi connectivity index (χ0) is 11.0. The molecule has 0 aromatic heterocycles. The topological polar surface area (TPSA) is 64.7 Å². The number of halogens is 1. The van der Waals surface area contributed by atoms with E-state index in [-0.39, 0.29) is 13.3 Å². The first-order valence-corrected chi connectivity index (χ1v) is 5.41. The standard InChI is InChI=1S/C10H12BrNO3/c1-5-6(7(13)3-12)2-8-10(9(5)11)15-4-14-8/h2,7,13H,3-4,12H2,1H3. The highest BCUT2D eigenvalue weighted by molar-refractivity contribution is 9.10. The van der Waals surface area contributed by atoms with Crippen LogP contribution < -0.4 is 15.2 Å². The van der Waals surface area contributed by atoms with Gasteiger partial charge in [-0.2, -0.15) is 0 Å². The molecule has 0 bridgehead atoms. The molecule has 1 atom stereocenters. The lowest BCUT2D eigenvalue weighted by Gasteiger charge is -2.14. The number of benzene rings is 1. The Kier molecular flexibility index (Phi) is 2.86. The molecule has 1 aromatic carbocycles. The lowest BCUT2D eigenvalue weighted by atomic mass is 10.0. The van der Waals surface area contributed by atoms with Gasteiger partial charge in [0.15, 0.2) is 11.5 Å². The molecule has 0 radical (unpaired) electrons. The minimum Gasteiger partial charge on any atom is -0.454 e. The van der Waals surface area contributed by atoms with Gasteiger partial charge in [-0.3, -0.25) is 0 Å². The summed E-state index contributed by atoms with van der Waals surface area (Å²) in [5.41, 5.74) is 7.13. The highest BCUT2D eigenvalue weighted by Crippen LogP contribution is 2.43. The molecule has 5 heteroatoms. The van der Waals surface area contributed by atoms with Crippen molar-refractivity contribution in [2.45, 2.75) is 13.0 Å². The first-order chi connectivity index (χ1) is 7.15. The molecule has 0 aliphatic carbocycles. The third kappa shape index (κ3) is 1.71. The Morgan fingerprint density at radius 3 is 3.00 bits per heavy atom. The van der Waals surface area contributed by atoms with Gasteiger partial charge in [0.25, 0.3) is 0 Å². The SMILES string of the molecule is Cc1c(C(O)CN)cc2c(c1Br)OCO2. The molecule has 0 saturated heterocycles. The van der Waals surface area contributed by atoms with Crippen molar-refractivity contribution in [3.63, 3.8) is 0 Å². The summed E-state index contributed by atoms with van der Waals surface area (Å²) in [5, 5.41) is 9.72. The molecule has 0 fully saturated rings. The van der Waals surface area contributed by atoms with Crippen molar-refractivity contribution in [3.8, 4) is 11.5 Å². The lowest BCUT2D eigenvalue weighted by molar-refractivity contribution is 0.172. The van der Waals surface area contributed by atoms with Crippen molar-refractivity contribution < 1.29 is 14.6 Å². The molecule has 1 aliphatic rings. The molecule has 0 amide bonds. The number of hydrogen-bond acceptors (Lipinski definition) is 4. The second-order valence-electron chi connectivity index (χ2n) is 3.39. The molecule has 1 aromatic rings. The highest BCUT2D eigenvalue weighted by atomic mass is 79.9. The normalized spacial score (nSPS) is 15.5. The van der Waals surface area contributed by atoms with Gasteiger partial charge in [0.1, 0.15) is 0 Å². The summed E-state index contributed by atoms with van der Waals surface area (Å²) in [4.78, 5) is 0. The number of rotatable bonds is 2. The molecule has 2 rings (SSSR count). The Balaban J connectivity index is 2.54. The summed E-state index contributed by atoms with van der Waals surface area (Å²) >= 11 is 3.42. The second kappa shape index (κ2) is 4.00. The van der Waals surface area contributed by atoms with Crippen LogP contribution in [-0.4, -0.2) is 18.4 Å². The van der Waals surface area contributed by atoms with Gasteiger partial charge in [0.05, 0.1) is 10.6 Å². The van der Waals surface area contributed by atoms with Gasteiger partial charge in [-0.1, -0.05) is 0 Å². The van der Waals surface area contributed by atoms with Gasteiger partial charge >= 0.3 is 0 Å². The van der Waals surface area contributed by atoms with Crippen molar-refractivity contribution in [1.82, 2.24) is 0 Å². The van der Waals surface area contributed by atoms with Gasteiger partial charge < -0.3 is 20.3 Å². The Morgan fingerprint density at radius 1 is 1.60 bits per heavy atom. The third-order valence-electron chi connectivity index (χ3n) is 2.47. The van der Waals surface area contributed by atoms with Gasteiger partial charge in [0, 0.05) is 6.54 Å². The summed E-state index contributed by atoms with van der Waals surface area (Å²) in [7, 11) is 0. The van der Waals surface area contributed by atoms with Crippen LogP contribution in [0, 0.1) is 6.92 Å². The number of aliphatic hydroxyl groups is 1. The Hall–Kier alpha value is -0.780. The van der Waals surface area contributed by atoms with E-state index in [1.54, 1.807) is 6.07 Å². The summed E-state index contributed by atoms with van der Waals surface area (Å²) in [6, 6.07) is 1.78. The van der Waals surface area contributed by atoms with Crippen LogP contribution in [0.3, 0.4) is 0 Å². The van der Waals surface area contributed by atoms with E-state index in [1.165, 1.54) is 0 Å². The van der Waals surface area contributed by atoms with Gasteiger partial charge in [-0.15, -0.1) is 0 Å². The number of fused-ring (bicyclic) bond motifs is 1. The third-order valence-corrected chi connectivity index (χ3v) is 3.43. The van der Waals surface area contributed by atoms with E-state index in [0.29, 0.717) is 11.5 Å². The molecule has 1 unspecified atom stereocenters. The van der Waals surface area contributed by atoms with Crippen molar-refractivity contribution >= 4 is 15.9 Å². The monoisotopic (exact) mass is 273 g/mol. The number of ether oxygens (including phenoxy) is 2. The predicted molar refractivity (Wildman–Crippen MR) is 59.0 cm³/mol. The Labute approximate surface area is 96.1 Å². The molecular weight excluding hydrogens is 262 g/mol. The van der Waals surface area contributed by atoms with Gasteiger partial charge in [-0.05, 0) is 40.0 Å². The van der Waals surface area contributed by atoms with Gasteiger partial charge in [0.2, 0.25) is 6.79 Å². The van der Waals surface area contributed by atoms with Crippen LogP contribution in [0.1, 0.15) is 17.2 Å². The van der Waals surface area contributed by atoms with E-state index in [2.05, 4.69) is 15.9 Å². The molecule has 4 nitrogen and oxygen atoms in total. The van der Waals surface area contributed by atoms with Crippen molar-refractivity contribution in [3.05, 3.63) is 21.7 Å². The maximum absolute atomic E-state index is 9.72. The van der Waals surface area contributed by atoms with Crippen LogP contribution in [0.25, 0.3) is 0 Å². The minimum absolute atomic E-state index is 0.187. The fraction of sp³-hybridized carbons (Fsp3) is 0.400. The zero-order valence-corrected chi connectivity index (χ0v) is 9.87. The quantitative estimate of drug-likeness (QED) is 0.857. The molecule has 1 aliphatic heterocycles. The average molecular weight is 274 g/mol. The van der Waals surface area contributed by atoms with Crippen LogP contribution >= 0.6 is 15.9 Å². The van der Waals surface area contributed by atoms with E-state index in [1.807, 2.05) is 6.92 Å². The molecule has 15 heavy (non-hydrogen) atoms. The van der Waals surface area contributed by atoms with Crippen molar-refractivity contribution in [2.24, 2.45) is 5.73 Å². The Bertz CT molecular complexity index is 395. The molecule has 0 saturated carbocycles. The van der Waals surface area contributed by atoms with E-state index in [9.17, 15) is 5.11 Å². The number of hydrogen-bond donors (Lipinski definition) is 2. The molecule has 1 heterocycles. The molecular formula is C10H12BrNO3. The summed E-state index contributed by atoms with van der Waals surface area (Å²) < 4.78 is 11.4. The van der Waals surface area contributed by atoms with Crippen molar-refractivity contribution in [1.29, 1.82) is 0 Å². The zero-order valence-electron chi connectivity index (χ0n) is 8.29. The van der Waals surface area contributed by atoms with Crippen molar-refractivity contribution in [2.75, 3.05) is 13.3 Å². The largest absolute Gasteiger partial charge is 0.454 e. The van der Waals surface area contributed by atoms with Gasteiger partial charge in [-0.25, -0.2) is 0 Å².